The van der Waals surface area contributed by atoms with E-state index in [2.05, 4.69) is 18.8 Å². The summed E-state index contributed by atoms with van der Waals surface area (Å²) in [6, 6.07) is 1.85. The second-order valence-electron chi connectivity index (χ2n) is 6.56. The molecule has 0 spiro atoms. The summed E-state index contributed by atoms with van der Waals surface area (Å²) < 4.78 is 17.8. The van der Waals surface area contributed by atoms with Crippen LogP contribution in [0.1, 0.15) is 53.2 Å². The summed E-state index contributed by atoms with van der Waals surface area (Å²) in [5.74, 6) is 1.04. The first-order chi connectivity index (χ1) is 9.19. The zero-order valence-corrected chi connectivity index (χ0v) is 13.5. The van der Waals surface area contributed by atoms with E-state index in [1.54, 1.807) is 13.3 Å². The highest BCUT2D eigenvalue weighted by Gasteiger charge is 2.53. The van der Waals surface area contributed by atoms with Crippen LogP contribution in [0.3, 0.4) is 0 Å². The van der Waals surface area contributed by atoms with Crippen LogP contribution in [0.4, 0.5) is 0 Å². The summed E-state index contributed by atoms with van der Waals surface area (Å²) in [5, 5.41) is 0. The summed E-state index contributed by atoms with van der Waals surface area (Å²) in [5.41, 5.74) is 1.13. The van der Waals surface area contributed by atoms with Crippen LogP contribution < -0.4 is 10.2 Å². The Morgan fingerprint density at radius 1 is 1.15 bits per heavy atom. The largest absolute Gasteiger partial charge is 0.500 e. The third kappa shape index (κ3) is 2.45. The third-order valence-corrected chi connectivity index (χ3v) is 4.24. The molecule has 2 heterocycles. The average Bonchev–Trinajstić information content (AvgIpc) is 2.57. The lowest BCUT2D eigenvalue weighted by Crippen LogP contribution is -2.41. The molecule has 1 aromatic rings. The molecule has 1 fully saturated rings. The Kier molecular flexibility index (Phi) is 3.86. The molecule has 0 atom stereocenters. The lowest BCUT2D eigenvalue weighted by molar-refractivity contribution is 0.00578. The molecule has 5 heteroatoms. The molecule has 4 nitrogen and oxygen atoms in total. The first-order valence-corrected chi connectivity index (χ1v) is 7.08. The molecule has 2 rings (SSSR count). The second-order valence-corrected chi connectivity index (χ2v) is 6.56. The third-order valence-electron chi connectivity index (χ3n) is 4.24. The van der Waals surface area contributed by atoms with Crippen molar-refractivity contribution in [2.75, 3.05) is 7.11 Å². The highest BCUT2D eigenvalue weighted by atomic mass is 16.7. The van der Waals surface area contributed by atoms with Crippen LogP contribution in [0.5, 0.6) is 5.75 Å². The molecule has 0 saturated carbocycles. The molecule has 1 saturated heterocycles. The van der Waals surface area contributed by atoms with Gasteiger partial charge in [0.05, 0.1) is 18.3 Å². The van der Waals surface area contributed by atoms with Gasteiger partial charge in [-0.05, 0) is 39.7 Å². The number of rotatable bonds is 3. The van der Waals surface area contributed by atoms with Gasteiger partial charge in [-0.25, -0.2) is 0 Å². The van der Waals surface area contributed by atoms with Crippen molar-refractivity contribution in [2.24, 2.45) is 0 Å². The van der Waals surface area contributed by atoms with Crippen molar-refractivity contribution in [3.63, 3.8) is 0 Å². The summed E-state index contributed by atoms with van der Waals surface area (Å²) in [6.07, 6.45) is 1.77. The van der Waals surface area contributed by atoms with E-state index in [-0.39, 0.29) is 17.1 Å². The van der Waals surface area contributed by atoms with E-state index < -0.39 is 7.12 Å². The Labute approximate surface area is 122 Å². The van der Waals surface area contributed by atoms with Gasteiger partial charge in [0.2, 0.25) is 0 Å². The lowest BCUT2D eigenvalue weighted by Gasteiger charge is -2.32. The number of nitrogens with zero attached hydrogens (tertiary/aromatic N) is 1. The number of aromatic nitrogens is 1. The summed E-state index contributed by atoms with van der Waals surface area (Å²) >= 11 is 0. The normalized spacial score (nSPS) is 20.5. The predicted molar refractivity (Wildman–Crippen MR) is 80.6 cm³/mol. The first kappa shape index (κ1) is 15.3. The van der Waals surface area contributed by atoms with Crippen molar-refractivity contribution in [1.29, 1.82) is 0 Å². The Balaban J connectivity index is 2.48. The zero-order valence-electron chi connectivity index (χ0n) is 13.5. The molecule has 1 aliphatic heterocycles. The minimum atomic E-state index is -0.443. The molecule has 1 aromatic heterocycles. The van der Waals surface area contributed by atoms with E-state index >= 15 is 0 Å². The molecular formula is C15H24BNO3. The van der Waals surface area contributed by atoms with Crippen molar-refractivity contribution in [3.8, 4) is 5.75 Å². The van der Waals surface area contributed by atoms with Crippen molar-refractivity contribution >= 4 is 12.6 Å². The van der Waals surface area contributed by atoms with E-state index in [0.717, 1.165) is 16.9 Å². The van der Waals surface area contributed by atoms with Gasteiger partial charge in [-0.2, -0.15) is 0 Å². The van der Waals surface area contributed by atoms with Crippen molar-refractivity contribution in [1.82, 2.24) is 4.98 Å². The van der Waals surface area contributed by atoms with Crippen molar-refractivity contribution in [2.45, 2.75) is 58.7 Å². The summed E-state index contributed by atoms with van der Waals surface area (Å²) in [7, 11) is 1.22. The fraction of sp³-hybridized carbons (Fsp3) is 0.667. The van der Waals surface area contributed by atoms with Crippen LogP contribution in [0.25, 0.3) is 0 Å². The van der Waals surface area contributed by atoms with E-state index in [0.29, 0.717) is 0 Å². The molecule has 0 radical (unpaired) electrons. The molecule has 20 heavy (non-hydrogen) atoms. The van der Waals surface area contributed by atoms with Gasteiger partial charge in [-0.1, -0.05) is 13.8 Å². The Morgan fingerprint density at radius 2 is 1.70 bits per heavy atom. The van der Waals surface area contributed by atoms with Crippen LogP contribution in [-0.2, 0) is 9.31 Å². The summed E-state index contributed by atoms with van der Waals surface area (Å²) in [6.45, 7) is 12.4. The number of pyridine rings is 1. The van der Waals surface area contributed by atoms with Crippen LogP contribution in [-0.4, -0.2) is 30.4 Å². The van der Waals surface area contributed by atoms with Gasteiger partial charge >= 0.3 is 7.12 Å². The van der Waals surface area contributed by atoms with E-state index in [1.165, 1.54) is 0 Å². The van der Waals surface area contributed by atoms with Gasteiger partial charge in [0.15, 0.2) is 0 Å². The van der Waals surface area contributed by atoms with Gasteiger partial charge in [0, 0.05) is 17.4 Å². The number of ether oxygens (including phenoxy) is 1. The van der Waals surface area contributed by atoms with Crippen LogP contribution in [0, 0.1) is 0 Å². The van der Waals surface area contributed by atoms with E-state index in [1.807, 2.05) is 33.8 Å². The Bertz CT molecular complexity index is 484. The smallest absolute Gasteiger partial charge is 0.497 e. The van der Waals surface area contributed by atoms with Gasteiger partial charge in [-0.3, -0.25) is 4.98 Å². The number of hydrogen-bond donors (Lipinski definition) is 0. The maximum Gasteiger partial charge on any atom is 0.500 e. The molecular weight excluding hydrogens is 253 g/mol. The lowest BCUT2D eigenvalue weighted by atomic mass is 9.75. The molecule has 0 amide bonds. The second kappa shape index (κ2) is 5.04. The van der Waals surface area contributed by atoms with Crippen molar-refractivity contribution < 1.29 is 14.0 Å². The van der Waals surface area contributed by atoms with Crippen molar-refractivity contribution in [3.05, 3.63) is 18.0 Å². The fourth-order valence-corrected chi connectivity index (χ4v) is 2.31. The molecule has 0 aromatic carbocycles. The first-order valence-electron chi connectivity index (χ1n) is 7.08. The molecule has 0 bridgehead atoms. The quantitative estimate of drug-likeness (QED) is 0.796. The molecule has 1 aliphatic rings. The molecule has 0 unspecified atom stereocenters. The SMILES string of the molecule is COc1ccnc(C(C)C)c1B1OC(C)(C)C(C)(C)O1. The van der Waals surface area contributed by atoms with E-state index in [9.17, 15) is 0 Å². The predicted octanol–water partition coefficient (Wildman–Crippen LogP) is 2.51. The summed E-state index contributed by atoms with van der Waals surface area (Å²) in [4.78, 5) is 4.49. The molecule has 0 N–H and O–H groups in total. The number of methoxy groups -OCH3 is 1. The minimum Gasteiger partial charge on any atom is -0.497 e. The highest BCUT2D eigenvalue weighted by molar-refractivity contribution is 6.63. The van der Waals surface area contributed by atoms with Gasteiger partial charge in [0.1, 0.15) is 5.75 Å². The zero-order chi connectivity index (χ0) is 15.1. The molecule has 0 aliphatic carbocycles. The van der Waals surface area contributed by atoms with Crippen LogP contribution >= 0.6 is 0 Å². The van der Waals surface area contributed by atoms with Gasteiger partial charge in [-0.15, -0.1) is 0 Å². The topological polar surface area (TPSA) is 40.6 Å². The minimum absolute atomic E-state index is 0.277. The highest BCUT2D eigenvalue weighted by Crippen LogP contribution is 2.37. The fourth-order valence-electron chi connectivity index (χ4n) is 2.31. The van der Waals surface area contributed by atoms with Gasteiger partial charge < -0.3 is 14.0 Å². The standard InChI is InChI=1S/C15H24BNO3/c1-10(2)13-12(11(18-7)8-9-17-13)16-19-14(3,4)15(5,6)20-16/h8-10H,1-7H3. The van der Waals surface area contributed by atoms with Gasteiger partial charge in [0.25, 0.3) is 0 Å². The van der Waals surface area contributed by atoms with Crippen LogP contribution in [0.2, 0.25) is 0 Å². The maximum atomic E-state index is 6.14. The number of hydrogen-bond acceptors (Lipinski definition) is 4. The maximum absolute atomic E-state index is 6.14. The Morgan fingerprint density at radius 3 is 2.15 bits per heavy atom. The van der Waals surface area contributed by atoms with Crippen LogP contribution in [0.15, 0.2) is 12.3 Å². The molecule has 110 valence electrons. The van der Waals surface area contributed by atoms with E-state index in [4.69, 9.17) is 14.0 Å². The average molecular weight is 277 g/mol. The monoisotopic (exact) mass is 277 g/mol. The Hall–Kier alpha value is -1.07.